The SMILES string of the molecule is CCCCNC(=O)[C@H](Cc1ccccc1)N(Cc1cccc(Br)c1)C(=O)CN(c1cc(C(F)(F)F)ccc1Cl)S(C)(=O)=O. The van der Waals surface area contributed by atoms with Crippen LogP contribution in [-0.4, -0.2) is 50.5 Å². The van der Waals surface area contributed by atoms with Crippen molar-refractivity contribution in [2.75, 3.05) is 23.7 Å². The summed E-state index contributed by atoms with van der Waals surface area (Å²) in [5.74, 6) is -1.24. The number of sulfonamides is 1. The minimum absolute atomic E-state index is 0.0785. The van der Waals surface area contributed by atoms with E-state index in [-0.39, 0.29) is 18.0 Å². The summed E-state index contributed by atoms with van der Waals surface area (Å²) in [7, 11) is -4.31. The van der Waals surface area contributed by atoms with Gasteiger partial charge >= 0.3 is 6.18 Å². The van der Waals surface area contributed by atoms with Crippen LogP contribution in [0, 0.1) is 0 Å². The van der Waals surface area contributed by atoms with Gasteiger partial charge in [0.15, 0.2) is 0 Å². The number of hydrogen-bond donors (Lipinski definition) is 1. The van der Waals surface area contributed by atoms with Crippen LogP contribution in [0.5, 0.6) is 0 Å². The molecule has 0 bridgehead atoms. The molecule has 2 amide bonds. The number of halogens is 5. The third-order valence-electron chi connectivity index (χ3n) is 6.56. The predicted octanol–water partition coefficient (Wildman–Crippen LogP) is 6.44. The second kappa shape index (κ2) is 15.1. The molecule has 0 spiro atoms. The second-order valence-electron chi connectivity index (χ2n) is 9.94. The highest BCUT2D eigenvalue weighted by Crippen LogP contribution is 2.36. The smallest absolute Gasteiger partial charge is 0.354 e. The molecule has 0 unspecified atom stereocenters. The maximum absolute atomic E-state index is 14.1. The van der Waals surface area contributed by atoms with Crippen molar-refractivity contribution >= 4 is 55.1 Å². The molecule has 43 heavy (non-hydrogen) atoms. The van der Waals surface area contributed by atoms with Crippen LogP contribution in [0.4, 0.5) is 18.9 Å². The zero-order valence-corrected chi connectivity index (χ0v) is 26.7. The standard InChI is InChI=1S/C30H32BrClF3N3O4S/c1-3-4-15-36-29(40)27(17-21-9-6-5-7-10-21)37(19-22-11-8-12-24(31)16-22)28(39)20-38(43(2,41)42)26-18-23(30(33,34)35)13-14-25(26)32/h5-14,16,18,27H,3-4,15,17,19-20H2,1-2H3,(H,36,40)/t27-/m0/s1. The molecule has 0 saturated carbocycles. The lowest BCUT2D eigenvalue weighted by Crippen LogP contribution is -2.53. The van der Waals surface area contributed by atoms with E-state index in [4.69, 9.17) is 11.6 Å². The third-order valence-corrected chi connectivity index (χ3v) is 8.50. The highest BCUT2D eigenvalue weighted by molar-refractivity contribution is 9.10. The monoisotopic (exact) mass is 701 g/mol. The van der Waals surface area contributed by atoms with Gasteiger partial charge < -0.3 is 10.2 Å². The summed E-state index contributed by atoms with van der Waals surface area (Å²) < 4.78 is 67.6. The Morgan fingerprint density at radius 3 is 2.28 bits per heavy atom. The fourth-order valence-corrected chi connectivity index (χ4v) is 5.94. The summed E-state index contributed by atoms with van der Waals surface area (Å²) in [6, 6.07) is 17.2. The second-order valence-corrected chi connectivity index (χ2v) is 13.2. The van der Waals surface area contributed by atoms with Gasteiger partial charge in [0.1, 0.15) is 12.6 Å². The number of alkyl halides is 3. The molecule has 13 heteroatoms. The number of anilines is 1. The van der Waals surface area contributed by atoms with Gasteiger partial charge in [-0.15, -0.1) is 0 Å². The Hall–Kier alpha value is -3.09. The highest BCUT2D eigenvalue weighted by atomic mass is 79.9. The van der Waals surface area contributed by atoms with Crippen molar-refractivity contribution in [2.24, 2.45) is 0 Å². The average molecular weight is 703 g/mol. The fraction of sp³-hybridized carbons (Fsp3) is 0.333. The van der Waals surface area contributed by atoms with Crippen LogP contribution in [0.2, 0.25) is 5.02 Å². The van der Waals surface area contributed by atoms with Gasteiger partial charge in [0, 0.05) is 24.0 Å². The molecule has 0 radical (unpaired) electrons. The summed E-state index contributed by atoms with van der Waals surface area (Å²) in [4.78, 5) is 28.9. The number of nitrogens with zero attached hydrogens (tertiary/aromatic N) is 2. The summed E-state index contributed by atoms with van der Waals surface area (Å²) in [6.45, 7) is 1.37. The Bertz CT molecular complexity index is 1520. The van der Waals surface area contributed by atoms with E-state index >= 15 is 0 Å². The van der Waals surface area contributed by atoms with Crippen molar-refractivity contribution in [1.29, 1.82) is 0 Å². The molecule has 3 aromatic rings. The molecule has 0 fully saturated rings. The summed E-state index contributed by atoms with van der Waals surface area (Å²) in [6.07, 6.45) is -2.36. The lowest BCUT2D eigenvalue weighted by Gasteiger charge is -2.33. The molecular formula is C30H32BrClF3N3O4S. The van der Waals surface area contributed by atoms with Crippen molar-refractivity contribution in [3.05, 3.63) is 99.0 Å². The van der Waals surface area contributed by atoms with Gasteiger partial charge in [0.25, 0.3) is 0 Å². The summed E-state index contributed by atoms with van der Waals surface area (Å²) >= 11 is 9.58. The van der Waals surface area contributed by atoms with E-state index in [1.807, 2.05) is 13.0 Å². The summed E-state index contributed by atoms with van der Waals surface area (Å²) in [5, 5.41) is 2.58. The van der Waals surface area contributed by atoms with Crippen LogP contribution in [0.25, 0.3) is 0 Å². The average Bonchev–Trinajstić information content (AvgIpc) is 2.93. The van der Waals surface area contributed by atoms with Gasteiger partial charge in [-0.05, 0) is 47.9 Å². The number of benzene rings is 3. The maximum atomic E-state index is 14.1. The number of carbonyl (C=O) groups is 2. The number of unbranched alkanes of at least 4 members (excludes halogenated alkanes) is 1. The largest absolute Gasteiger partial charge is 0.416 e. The molecule has 0 aliphatic rings. The lowest BCUT2D eigenvalue weighted by atomic mass is 10.0. The molecule has 0 heterocycles. The topological polar surface area (TPSA) is 86.8 Å². The fourth-order valence-electron chi connectivity index (χ4n) is 4.37. The minimum atomic E-state index is -4.78. The van der Waals surface area contributed by atoms with Gasteiger partial charge in [0.05, 0.1) is 22.5 Å². The van der Waals surface area contributed by atoms with E-state index in [9.17, 15) is 31.2 Å². The van der Waals surface area contributed by atoms with E-state index in [0.29, 0.717) is 28.9 Å². The molecule has 3 aromatic carbocycles. The summed E-state index contributed by atoms with van der Waals surface area (Å²) in [5.41, 5.74) is -0.228. The number of nitrogens with one attached hydrogen (secondary N) is 1. The Kier molecular flexibility index (Phi) is 12.1. The zero-order valence-electron chi connectivity index (χ0n) is 23.6. The van der Waals surface area contributed by atoms with E-state index in [1.165, 1.54) is 4.90 Å². The van der Waals surface area contributed by atoms with Crippen molar-refractivity contribution in [2.45, 2.75) is 44.9 Å². The van der Waals surface area contributed by atoms with Gasteiger partial charge in [-0.2, -0.15) is 13.2 Å². The van der Waals surface area contributed by atoms with Crippen LogP contribution < -0.4 is 9.62 Å². The van der Waals surface area contributed by atoms with Crippen molar-refractivity contribution < 1.29 is 31.2 Å². The molecule has 232 valence electrons. The normalized spacial score (nSPS) is 12.4. The Balaban J connectivity index is 2.10. The van der Waals surface area contributed by atoms with E-state index in [2.05, 4.69) is 21.2 Å². The number of rotatable bonds is 13. The number of amides is 2. The lowest BCUT2D eigenvalue weighted by molar-refractivity contribution is -0.140. The quantitative estimate of drug-likeness (QED) is 0.208. The molecule has 1 atom stereocenters. The van der Waals surface area contributed by atoms with Crippen molar-refractivity contribution in [3.8, 4) is 0 Å². The molecule has 1 N–H and O–H groups in total. The molecule has 3 rings (SSSR count). The number of hydrogen-bond acceptors (Lipinski definition) is 4. The molecule has 7 nitrogen and oxygen atoms in total. The predicted molar refractivity (Wildman–Crippen MR) is 165 cm³/mol. The zero-order chi connectivity index (χ0) is 31.8. The Labute approximate surface area is 263 Å². The molecule has 0 aliphatic carbocycles. The molecule has 0 aliphatic heterocycles. The molecule has 0 aromatic heterocycles. The first-order chi connectivity index (χ1) is 20.2. The van der Waals surface area contributed by atoms with E-state index in [0.717, 1.165) is 34.8 Å². The van der Waals surface area contributed by atoms with Crippen LogP contribution in [0.1, 0.15) is 36.5 Å². The maximum Gasteiger partial charge on any atom is 0.416 e. The van der Waals surface area contributed by atoms with Gasteiger partial charge in [-0.3, -0.25) is 13.9 Å². The van der Waals surface area contributed by atoms with Crippen LogP contribution >= 0.6 is 27.5 Å². The number of carbonyl (C=O) groups excluding carboxylic acids is 2. The first-order valence-corrected chi connectivity index (χ1v) is 16.4. The van der Waals surface area contributed by atoms with E-state index in [1.54, 1.807) is 48.5 Å². The first kappa shape index (κ1) is 34.4. The molecular weight excluding hydrogens is 671 g/mol. The van der Waals surface area contributed by atoms with Crippen LogP contribution in [-0.2, 0) is 38.8 Å². The van der Waals surface area contributed by atoms with Crippen LogP contribution in [0.3, 0.4) is 0 Å². The first-order valence-electron chi connectivity index (χ1n) is 13.4. The van der Waals surface area contributed by atoms with E-state index < -0.39 is 51.9 Å². The highest BCUT2D eigenvalue weighted by Gasteiger charge is 2.35. The van der Waals surface area contributed by atoms with Gasteiger partial charge in [-0.1, -0.05) is 83.3 Å². The molecule has 0 saturated heterocycles. The van der Waals surface area contributed by atoms with Crippen molar-refractivity contribution in [1.82, 2.24) is 10.2 Å². The van der Waals surface area contributed by atoms with Gasteiger partial charge in [-0.25, -0.2) is 8.42 Å². The van der Waals surface area contributed by atoms with Gasteiger partial charge in [0.2, 0.25) is 21.8 Å². The third kappa shape index (κ3) is 9.97. The Morgan fingerprint density at radius 1 is 1.00 bits per heavy atom. The Morgan fingerprint density at radius 2 is 1.67 bits per heavy atom. The minimum Gasteiger partial charge on any atom is -0.354 e. The van der Waals surface area contributed by atoms with Crippen molar-refractivity contribution in [3.63, 3.8) is 0 Å². The van der Waals surface area contributed by atoms with Crippen LogP contribution in [0.15, 0.2) is 77.3 Å².